The van der Waals surface area contributed by atoms with Crippen LogP contribution in [0.5, 0.6) is 0 Å². The molecular formula is C22H24ClN3O3S. The molecule has 0 bridgehead atoms. The number of carbonyl (C=O) groups is 2. The summed E-state index contributed by atoms with van der Waals surface area (Å²) in [5.74, 6) is 0.296. The van der Waals surface area contributed by atoms with Crippen molar-refractivity contribution in [2.45, 2.75) is 19.9 Å². The molecule has 3 rings (SSSR count). The molecule has 1 unspecified atom stereocenters. The summed E-state index contributed by atoms with van der Waals surface area (Å²) in [6.45, 7) is 6.20. The molecule has 0 spiro atoms. The van der Waals surface area contributed by atoms with Gasteiger partial charge < -0.3 is 15.1 Å². The number of halogens is 1. The Morgan fingerprint density at radius 3 is 2.57 bits per heavy atom. The number of hydrogen-bond donors (Lipinski definition) is 2. The van der Waals surface area contributed by atoms with Crippen LogP contribution in [0.1, 0.15) is 45.7 Å². The number of hydrogen-bond acceptors (Lipinski definition) is 5. The van der Waals surface area contributed by atoms with Crippen LogP contribution in [-0.2, 0) is 0 Å². The van der Waals surface area contributed by atoms with Crippen molar-refractivity contribution >= 4 is 40.4 Å². The molecular weight excluding hydrogens is 422 g/mol. The number of amides is 2. The Morgan fingerprint density at radius 2 is 1.93 bits per heavy atom. The van der Waals surface area contributed by atoms with Crippen molar-refractivity contribution in [3.05, 3.63) is 75.3 Å². The zero-order valence-electron chi connectivity index (χ0n) is 16.9. The lowest BCUT2D eigenvalue weighted by molar-refractivity contribution is 0.0928. The topological polar surface area (TPSA) is 74.6 Å². The average molecular weight is 446 g/mol. The molecule has 3 aromatic rings. The average Bonchev–Trinajstić information content (AvgIpc) is 3.46. The quantitative estimate of drug-likeness (QED) is 0.482. The van der Waals surface area contributed by atoms with Crippen LogP contribution in [0.4, 0.5) is 5.69 Å². The molecule has 0 aliphatic carbocycles. The van der Waals surface area contributed by atoms with Gasteiger partial charge in [-0.25, -0.2) is 0 Å². The normalized spacial score (nSPS) is 12.0. The predicted molar refractivity (Wildman–Crippen MR) is 120 cm³/mol. The smallest absolute Gasteiger partial charge is 0.265 e. The first-order valence-electron chi connectivity index (χ1n) is 9.73. The van der Waals surface area contributed by atoms with E-state index in [0.29, 0.717) is 27.7 Å². The van der Waals surface area contributed by atoms with Crippen LogP contribution in [-0.4, -0.2) is 36.3 Å². The molecule has 2 amide bonds. The Balaban J connectivity index is 1.71. The number of anilines is 1. The van der Waals surface area contributed by atoms with Gasteiger partial charge in [0, 0.05) is 12.1 Å². The minimum absolute atomic E-state index is 0.0655. The van der Waals surface area contributed by atoms with E-state index >= 15 is 0 Å². The highest BCUT2D eigenvalue weighted by Crippen LogP contribution is 2.25. The summed E-state index contributed by atoms with van der Waals surface area (Å²) < 4.78 is 5.58. The van der Waals surface area contributed by atoms with Crippen LogP contribution < -0.4 is 10.6 Å². The summed E-state index contributed by atoms with van der Waals surface area (Å²) in [7, 11) is 0. The lowest BCUT2D eigenvalue weighted by atomic mass is 10.1. The summed E-state index contributed by atoms with van der Waals surface area (Å²) in [4.78, 5) is 27.9. The Labute approximate surface area is 184 Å². The number of furan rings is 1. The number of nitrogens with one attached hydrogen (secondary N) is 2. The number of rotatable bonds is 9. The first kappa shape index (κ1) is 22.1. The predicted octanol–water partition coefficient (Wildman–Crippen LogP) is 5.06. The maximum Gasteiger partial charge on any atom is 0.265 e. The van der Waals surface area contributed by atoms with Gasteiger partial charge in [-0.15, -0.1) is 11.3 Å². The first-order valence-corrected chi connectivity index (χ1v) is 11.0. The number of nitrogens with zero attached hydrogens (tertiary/aromatic N) is 1. The summed E-state index contributed by atoms with van der Waals surface area (Å²) in [6.07, 6.45) is 1.63. The number of thiophene rings is 1. The minimum atomic E-state index is -0.260. The third-order valence-corrected chi connectivity index (χ3v) is 6.00. The summed E-state index contributed by atoms with van der Waals surface area (Å²) in [5.41, 5.74) is 0.813. The molecule has 158 valence electrons. The maximum absolute atomic E-state index is 12.8. The Morgan fingerprint density at radius 1 is 1.13 bits per heavy atom. The van der Waals surface area contributed by atoms with E-state index in [9.17, 15) is 9.59 Å². The van der Waals surface area contributed by atoms with Gasteiger partial charge in [-0.1, -0.05) is 31.5 Å². The van der Waals surface area contributed by atoms with Gasteiger partial charge in [0.25, 0.3) is 11.8 Å². The molecule has 8 heteroatoms. The van der Waals surface area contributed by atoms with Gasteiger partial charge in [-0.05, 0) is 54.9 Å². The van der Waals surface area contributed by atoms with Gasteiger partial charge >= 0.3 is 0 Å². The van der Waals surface area contributed by atoms with E-state index in [0.717, 1.165) is 18.8 Å². The maximum atomic E-state index is 12.8. The number of benzene rings is 1. The highest BCUT2D eigenvalue weighted by atomic mass is 35.5. The van der Waals surface area contributed by atoms with E-state index in [1.54, 1.807) is 36.6 Å². The lowest BCUT2D eigenvalue weighted by Crippen LogP contribution is -2.38. The Hall–Kier alpha value is -2.61. The van der Waals surface area contributed by atoms with Crippen molar-refractivity contribution in [1.29, 1.82) is 0 Å². The number of likely N-dealkylation sites (N-methyl/N-ethyl adjacent to an activating group) is 1. The summed E-state index contributed by atoms with van der Waals surface area (Å²) >= 11 is 7.55. The zero-order valence-corrected chi connectivity index (χ0v) is 18.4. The number of carbonyl (C=O) groups excluding carboxylic acids is 2. The molecule has 0 aliphatic rings. The minimum Gasteiger partial charge on any atom is -0.468 e. The van der Waals surface area contributed by atoms with Gasteiger partial charge in [0.1, 0.15) is 5.76 Å². The molecule has 0 fully saturated rings. The van der Waals surface area contributed by atoms with Crippen LogP contribution in [0.3, 0.4) is 0 Å². The highest BCUT2D eigenvalue weighted by Gasteiger charge is 2.22. The largest absolute Gasteiger partial charge is 0.468 e. The van der Waals surface area contributed by atoms with Crippen molar-refractivity contribution in [3.63, 3.8) is 0 Å². The lowest BCUT2D eigenvalue weighted by Gasteiger charge is -2.28. The van der Waals surface area contributed by atoms with Gasteiger partial charge in [0.05, 0.1) is 27.9 Å². The van der Waals surface area contributed by atoms with Gasteiger partial charge in [-0.2, -0.15) is 0 Å². The third kappa shape index (κ3) is 5.30. The molecule has 30 heavy (non-hydrogen) atoms. The molecule has 2 heterocycles. The van der Waals surface area contributed by atoms with Crippen LogP contribution in [0, 0.1) is 0 Å². The molecule has 6 nitrogen and oxygen atoms in total. The highest BCUT2D eigenvalue weighted by molar-refractivity contribution is 7.12. The molecule has 0 saturated carbocycles. The van der Waals surface area contributed by atoms with Crippen LogP contribution >= 0.6 is 22.9 Å². The van der Waals surface area contributed by atoms with Gasteiger partial charge in [0.15, 0.2) is 0 Å². The Kier molecular flexibility index (Phi) is 7.68. The third-order valence-electron chi connectivity index (χ3n) is 4.80. The standard InChI is InChI=1S/C22H24ClN3O3S/c1-3-26(4-2)18(19-7-5-11-29-19)14-24-21(27)15-9-10-16(23)17(13-15)25-22(28)20-8-6-12-30-20/h5-13,18H,3-4,14H2,1-2H3,(H,24,27)(H,25,28). The van der Waals surface area contributed by atoms with Gasteiger partial charge in [0.2, 0.25) is 0 Å². The van der Waals surface area contributed by atoms with E-state index in [4.69, 9.17) is 16.0 Å². The summed E-state index contributed by atoms with van der Waals surface area (Å²) in [5, 5.41) is 7.93. The molecule has 1 aromatic carbocycles. The van der Waals surface area contributed by atoms with Crippen molar-refractivity contribution in [2.75, 3.05) is 25.0 Å². The second-order valence-electron chi connectivity index (χ2n) is 6.59. The van der Waals surface area contributed by atoms with E-state index in [1.807, 2.05) is 17.5 Å². The Bertz CT molecular complexity index is 970. The molecule has 0 aliphatic heterocycles. The van der Waals surface area contributed by atoms with Crippen LogP contribution in [0.25, 0.3) is 0 Å². The second-order valence-corrected chi connectivity index (χ2v) is 7.94. The van der Waals surface area contributed by atoms with E-state index in [2.05, 4.69) is 29.4 Å². The molecule has 1 atom stereocenters. The van der Waals surface area contributed by atoms with Gasteiger partial charge in [-0.3, -0.25) is 14.5 Å². The van der Waals surface area contributed by atoms with Crippen LogP contribution in [0.15, 0.2) is 58.5 Å². The van der Waals surface area contributed by atoms with E-state index in [1.165, 1.54) is 11.3 Å². The fourth-order valence-electron chi connectivity index (χ4n) is 3.20. The van der Waals surface area contributed by atoms with E-state index < -0.39 is 0 Å². The van der Waals surface area contributed by atoms with Crippen molar-refractivity contribution in [3.8, 4) is 0 Å². The van der Waals surface area contributed by atoms with Crippen molar-refractivity contribution in [2.24, 2.45) is 0 Å². The monoisotopic (exact) mass is 445 g/mol. The molecule has 2 aromatic heterocycles. The SMILES string of the molecule is CCN(CC)C(CNC(=O)c1ccc(Cl)c(NC(=O)c2cccs2)c1)c1ccco1. The van der Waals surface area contributed by atoms with Crippen molar-refractivity contribution < 1.29 is 14.0 Å². The molecule has 0 radical (unpaired) electrons. The molecule has 0 saturated heterocycles. The fourth-order valence-corrected chi connectivity index (χ4v) is 3.98. The molecule has 2 N–H and O–H groups in total. The second kappa shape index (κ2) is 10.4. The summed E-state index contributed by atoms with van der Waals surface area (Å²) in [6, 6.07) is 12.0. The first-order chi connectivity index (χ1) is 14.5. The van der Waals surface area contributed by atoms with E-state index in [-0.39, 0.29) is 17.9 Å². The zero-order chi connectivity index (χ0) is 21.5. The van der Waals surface area contributed by atoms with Crippen LogP contribution in [0.2, 0.25) is 5.02 Å². The van der Waals surface area contributed by atoms with Crippen molar-refractivity contribution in [1.82, 2.24) is 10.2 Å². The fraction of sp³-hybridized carbons (Fsp3) is 0.273.